The molecule has 20 heavy (non-hydrogen) atoms. The Balaban J connectivity index is 2.12. The molecule has 1 aromatic rings. The van der Waals surface area contributed by atoms with Gasteiger partial charge in [0, 0.05) is 13.6 Å². The Labute approximate surface area is 120 Å². The predicted molar refractivity (Wildman–Crippen MR) is 79.3 cm³/mol. The predicted octanol–water partition coefficient (Wildman–Crippen LogP) is 1.49. The van der Waals surface area contributed by atoms with Crippen LogP contribution in [0.25, 0.3) is 0 Å². The molecule has 1 aromatic carbocycles. The number of rotatable bonds is 4. The Kier molecular flexibility index (Phi) is 5.15. The Hall–Kier alpha value is -1.39. The van der Waals surface area contributed by atoms with Gasteiger partial charge in [0.25, 0.3) is 0 Å². The van der Waals surface area contributed by atoms with Crippen molar-refractivity contribution in [2.24, 2.45) is 5.73 Å². The number of amides is 1. The minimum atomic E-state index is -0.410. The lowest BCUT2D eigenvalue weighted by Crippen LogP contribution is -2.48. The highest BCUT2D eigenvalue weighted by Gasteiger charge is 2.32. The summed E-state index contributed by atoms with van der Waals surface area (Å²) in [7, 11) is 1.78. The molecule has 0 spiro atoms. The molecule has 0 aromatic heterocycles. The molecule has 4 heteroatoms. The highest BCUT2D eigenvalue weighted by atomic mass is 16.3. The third kappa shape index (κ3) is 3.19. The van der Waals surface area contributed by atoms with Crippen LogP contribution < -0.4 is 5.73 Å². The standard InChI is InChI=1S/C16H24N2O2/c1-18(14-9-5-6-10-15(14)19)16(20)13(11-17)12-7-3-2-4-8-12/h2-4,7-8,13-15,19H,5-6,9-11,17H2,1H3. The minimum absolute atomic E-state index is 0.00431. The quantitative estimate of drug-likeness (QED) is 0.875. The molecule has 3 atom stereocenters. The highest BCUT2D eigenvalue weighted by molar-refractivity contribution is 5.84. The number of carbonyl (C=O) groups is 1. The number of nitrogens with two attached hydrogens (primary N) is 1. The third-order valence-corrected chi connectivity index (χ3v) is 4.27. The SMILES string of the molecule is CN(C(=O)C(CN)c1ccccc1)C1CCCCC1O. The van der Waals surface area contributed by atoms with Crippen molar-refractivity contribution in [2.45, 2.75) is 43.7 Å². The second-order valence-corrected chi connectivity index (χ2v) is 5.57. The first-order valence-corrected chi connectivity index (χ1v) is 7.35. The average Bonchev–Trinajstić information content (AvgIpc) is 2.49. The molecule has 3 unspecified atom stereocenters. The summed E-state index contributed by atoms with van der Waals surface area (Å²) in [5.74, 6) is -0.319. The van der Waals surface area contributed by atoms with Crippen molar-refractivity contribution in [1.82, 2.24) is 4.90 Å². The first kappa shape index (κ1) is 15.0. The van der Waals surface area contributed by atoms with E-state index in [-0.39, 0.29) is 24.4 Å². The van der Waals surface area contributed by atoms with E-state index < -0.39 is 6.10 Å². The van der Waals surface area contributed by atoms with Gasteiger partial charge in [0.1, 0.15) is 0 Å². The van der Waals surface area contributed by atoms with Crippen LogP contribution >= 0.6 is 0 Å². The monoisotopic (exact) mass is 276 g/mol. The van der Waals surface area contributed by atoms with Gasteiger partial charge in [0.2, 0.25) is 5.91 Å². The maximum atomic E-state index is 12.7. The number of nitrogens with zero attached hydrogens (tertiary/aromatic N) is 1. The fraction of sp³-hybridized carbons (Fsp3) is 0.562. The Bertz CT molecular complexity index is 435. The van der Waals surface area contributed by atoms with Crippen LogP contribution in [-0.4, -0.2) is 41.7 Å². The second kappa shape index (κ2) is 6.86. The van der Waals surface area contributed by atoms with Gasteiger partial charge >= 0.3 is 0 Å². The van der Waals surface area contributed by atoms with E-state index in [2.05, 4.69) is 0 Å². The van der Waals surface area contributed by atoms with Crippen molar-refractivity contribution in [3.05, 3.63) is 35.9 Å². The van der Waals surface area contributed by atoms with E-state index in [1.807, 2.05) is 30.3 Å². The molecule has 1 aliphatic carbocycles. The summed E-state index contributed by atoms with van der Waals surface area (Å²) in [6, 6.07) is 9.55. The second-order valence-electron chi connectivity index (χ2n) is 5.57. The molecule has 0 bridgehead atoms. The van der Waals surface area contributed by atoms with Gasteiger partial charge in [-0.15, -0.1) is 0 Å². The van der Waals surface area contributed by atoms with Crippen molar-refractivity contribution in [3.8, 4) is 0 Å². The molecule has 0 heterocycles. The minimum Gasteiger partial charge on any atom is -0.391 e. The van der Waals surface area contributed by atoms with Crippen LogP contribution in [0.15, 0.2) is 30.3 Å². The van der Waals surface area contributed by atoms with Crippen LogP contribution in [0, 0.1) is 0 Å². The summed E-state index contributed by atoms with van der Waals surface area (Å²) in [6.07, 6.45) is 3.35. The molecule has 0 radical (unpaired) electrons. The number of likely N-dealkylation sites (N-methyl/N-ethyl adjacent to an activating group) is 1. The highest BCUT2D eigenvalue weighted by Crippen LogP contribution is 2.25. The molecular formula is C16H24N2O2. The number of hydrogen-bond donors (Lipinski definition) is 2. The number of aliphatic hydroxyl groups is 1. The summed E-state index contributed by atoms with van der Waals surface area (Å²) in [4.78, 5) is 14.4. The third-order valence-electron chi connectivity index (χ3n) is 4.27. The number of hydrogen-bond acceptors (Lipinski definition) is 3. The van der Waals surface area contributed by atoms with Gasteiger partial charge in [0.05, 0.1) is 18.1 Å². The van der Waals surface area contributed by atoms with Gasteiger partial charge < -0.3 is 15.7 Å². The Morgan fingerprint density at radius 3 is 2.60 bits per heavy atom. The summed E-state index contributed by atoms with van der Waals surface area (Å²) in [5, 5.41) is 10.1. The molecule has 2 rings (SSSR count). The van der Waals surface area contributed by atoms with Crippen molar-refractivity contribution in [1.29, 1.82) is 0 Å². The van der Waals surface area contributed by atoms with E-state index in [9.17, 15) is 9.90 Å². The van der Waals surface area contributed by atoms with Gasteiger partial charge in [-0.3, -0.25) is 4.79 Å². The summed E-state index contributed by atoms with van der Waals surface area (Å²) >= 11 is 0. The van der Waals surface area contributed by atoms with Crippen molar-refractivity contribution < 1.29 is 9.90 Å². The fourth-order valence-electron chi connectivity index (χ4n) is 3.02. The van der Waals surface area contributed by atoms with Crippen molar-refractivity contribution in [2.75, 3.05) is 13.6 Å². The zero-order chi connectivity index (χ0) is 14.5. The summed E-state index contributed by atoms with van der Waals surface area (Å²) < 4.78 is 0. The van der Waals surface area contributed by atoms with E-state index in [4.69, 9.17) is 5.73 Å². The largest absolute Gasteiger partial charge is 0.391 e. The molecule has 3 N–H and O–H groups in total. The van der Waals surface area contributed by atoms with Gasteiger partial charge in [-0.2, -0.15) is 0 Å². The zero-order valence-electron chi connectivity index (χ0n) is 12.0. The molecule has 0 saturated heterocycles. The first-order chi connectivity index (χ1) is 9.65. The molecule has 1 fully saturated rings. The van der Waals surface area contributed by atoms with E-state index in [0.717, 1.165) is 31.2 Å². The van der Waals surface area contributed by atoms with Gasteiger partial charge in [-0.1, -0.05) is 43.2 Å². The van der Waals surface area contributed by atoms with Crippen LogP contribution in [0.5, 0.6) is 0 Å². The van der Waals surface area contributed by atoms with E-state index in [1.54, 1.807) is 11.9 Å². The number of benzene rings is 1. The molecule has 4 nitrogen and oxygen atoms in total. The Morgan fingerprint density at radius 1 is 1.35 bits per heavy atom. The average molecular weight is 276 g/mol. The van der Waals surface area contributed by atoms with Crippen molar-refractivity contribution >= 4 is 5.91 Å². The van der Waals surface area contributed by atoms with Gasteiger partial charge in [0.15, 0.2) is 0 Å². The van der Waals surface area contributed by atoms with Crippen LogP contribution in [0.3, 0.4) is 0 Å². The van der Waals surface area contributed by atoms with Crippen LogP contribution in [0.2, 0.25) is 0 Å². The van der Waals surface area contributed by atoms with E-state index in [1.165, 1.54) is 0 Å². The molecule has 110 valence electrons. The fourth-order valence-corrected chi connectivity index (χ4v) is 3.02. The topological polar surface area (TPSA) is 66.6 Å². The lowest BCUT2D eigenvalue weighted by Gasteiger charge is -2.36. The maximum absolute atomic E-state index is 12.7. The van der Waals surface area contributed by atoms with Crippen LogP contribution in [0.1, 0.15) is 37.2 Å². The lowest BCUT2D eigenvalue weighted by molar-refractivity contribution is -0.136. The molecule has 1 amide bonds. The summed E-state index contributed by atoms with van der Waals surface area (Å²) in [5.41, 5.74) is 6.74. The van der Waals surface area contributed by atoms with Crippen molar-refractivity contribution in [3.63, 3.8) is 0 Å². The van der Waals surface area contributed by atoms with E-state index >= 15 is 0 Å². The summed E-state index contributed by atoms with van der Waals surface area (Å²) in [6.45, 7) is 0.288. The van der Waals surface area contributed by atoms with Crippen LogP contribution in [-0.2, 0) is 4.79 Å². The Morgan fingerprint density at radius 2 is 2.00 bits per heavy atom. The zero-order valence-corrected chi connectivity index (χ0v) is 12.0. The van der Waals surface area contributed by atoms with Crippen LogP contribution in [0.4, 0.5) is 0 Å². The normalized spacial score (nSPS) is 24.1. The number of carbonyl (C=O) groups excluding carboxylic acids is 1. The maximum Gasteiger partial charge on any atom is 0.231 e. The molecule has 1 saturated carbocycles. The first-order valence-electron chi connectivity index (χ1n) is 7.35. The number of aliphatic hydroxyl groups excluding tert-OH is 1. The lowest BCUT2D eigenvalue weighted by atomic mass is 9.90. The van der Waals surface area contributed by atoms with Gasteiger partial charge in [-0.25, -0.2) is 0 Å². The molecule has 1 aliphatic rings. The molecular weight excluding hydrogens is 252 g/mol. The molecule has 0 aliphatic heterocycles. The smallest absolute Gasteiger partial charge is 0.231 e. The van der Waals surface area contributed by atoms with E-state index in [0.29, 0.717) is 0 Å². The van der Waals surface area contributed by atoms with Gasteiger partial charge in [-0.05, 0) is 18.4 Å².